The molecule has 7 nitrogen and oxygen atoms in total. The van der Waals surface area contributed by atoms with Gasteiger partial charge in [0.25, 0.3) is 5.91 Å². The quantitative estimate of drug-likeness (QED) is 0.827. The Morgan fingerprint density at radius 3 is 2.21 bits per heavy atom. The monoisotopic (exact) mass is 404 g/mol. The number of hydrogen-bond acceptors (Lipinski definition) is 5. The summed E-state index contributed by atoms with van der Waals surface area (Å²) in [6.45, 7) is 4.79. The number of benzene rings is 2. The summed E-state index contributed by atoms with van der Waals surface area (Å²) < 4.78 is 36.6. The molecule has 1 N–H and O–H groups in total. The van der Waals surface area contributed by atoms with Crippen molar-refractivity contribution < 1.29 is 22.7 Å². The van der Waals surface area contributed by atoms with Gasteiger partial charge in [-0.15, -0.1) is 0 Å². The van der Waals surface area contributed by atoms with Crippen LogP contribution in [0.1, 0.15) is 29.8 Å². The highest BCUT2D eigenvalue weighted by Crippen LogP contribution is 2.34. The molecule has 0 fully saturated rings. The van der Waals surface area contributed by atoms with Crippen molar-refractivity contribution in [2.24, 2.45) is 0 Å². The number of ether oxygens (including phenoxy) is 2. The van der Waals surface area contributed by atoms with Crippen LogP contribution in [0.2, 0.25) is 0 Å². The molecule has 2 aromatic carbocycles. The van der Waals surface area contributed by atoms with Gasteiger partial charge in [-0.2, -0.15) is 0 Å². The minimum atomic E-state index is -3.53. The van der Waals surface area contributed by atoms with Crippen LogP contribution < -0.4 is 14.8 Å². The number of amides is 1. The van der Waals surface area contributed by atoms with Crippen LogP contribution in [0.25, 0.3) is 0 Å². The lowest BCUT2D eigenvalue weighted by molar-refractivity contribution is 0.0911. The highest BCUT2D eigenvalue weighted by molar-refractivity contribution is 7.89. The summed E-state index contributed by atoms with van der Waals surface area (Å²) >= 11 is 0. The maximum Gasteiger partial charge on any atom is 0.251 e. The van der Waals surface area contributed by atoms with Crippen molar-refractivity contribution in [1.29, 1.82) is 0 Å². The lowest BCUT2D eigenvalue weighted by Gasteiger charge is -2.29. The molecular formula is C20H24N2O5S. The average molecular weight is 404 g/mol. The largest absolute Gasteiger partial charge is 0.486 e. The van der Waals surface area contributed by atoms with Gasteiger partial charge in [0.2, 0.25) is 10.0 Å². The van der Waals surface area contributed by atoms with Crippen LogP contribution in [0, 0.1) is 0 Å². The van der Waals surface area contributed by atoms with Crippen LogP contribution in [0.5, 0.6) is 11.5 Å². The summed E-state index contributed by atoms with van der Waals surface area (Å²) in [6, 6.07) is 11.5. The summed E-state index contributed by atoms with van der Waals surface area (Å²) in [5.74, 6) is 1.05. The predicted octanol–water partition coefficient (Wildman–Crippen LogP) is 2.37. The summed E-state index contributed by atoms with van der Waals surface area (Å²) in [5.41, 5.74) is 0.585. The molecule has 0 spiro atoms. The van der Waals surface area contributed by atoms with E-state index in [4.69, 9.17) is 9.47 Å². The third kappa shape index (κ3) is 3.98. The van der Waals surface area contributed by atoms with Gasteiger partial charge in [0, 0.05) is 19.7 Å². The van der Waals surface area contributed by atoms with Gasteiger partial charge in [-0.25, -0.2) is 12.7 Å². The van der Waals surface area contributed by atoms with Crippen LogP contribution in [-0.4, -0.2) is 45.9 Å². The molecule has 1 aliphatic rings. The van der Waals surface area contributed by atoms with Crippen molar-refractivity contribution in [2.75, 3.05) is 27.3 Å². The number of carbonyl (C=O) groups is 1. The first kappa shape index (κ1) is 20.2. The summed E-state index contributed by atoms with van der Waals surface area (Å²) in [6.07, 6.45) is 0. The number of sulfonamides is 1. The molecule has 1 amide bonds. The molecule has 0 saturated heterocycles. The standard InChI is InChI=1S/C20H24N2O5S/c1-20(2,15-7-10-17-18(13-15)27-12-11-26-17)21-19(23)14-5-8-16(9-6-14)28(24,25)22(3)4/h5-10,13H,11-12H2,1-4H3,(H,21,23). The molecule has 2 aromatic rings. The van der Waals surface area contributed by atoms with Crippen molar-refractivity contribution in [2.45, 2.75) is 24.3 Å². The Balaban J connectivity index is 1.78. The van der Waals surface area contributed by atoms with Crippen molar-refractivity contribution in [3.63, 3.8) is 0 Å². The van der Waals surface area contributed by atoms with E-state index in [1.54, 1.807) is 0 Å². The Morgan fingerprint density at radius 1 is 1.00 bits per heavy atom. The van der Waals surface area contributed by atoms with Crippen molar-refractivity contribution in [1.82, 2.24) is 9.62 Å². The topological polar surface area (TPSA) is 84.9 Å². The Hall–Kier alpha value is -2.58. The zero-order valence-electron chi connectivity index (χ0n) is 16.4. The van der Waals surface area contributed by atoms with Crippen LogP contribution in [0.3, 0.4) is 0 Å². The molecule has 0 bridgehead atoms. The molecule has 8 heteroatoms. The number of nitrogens with one attached hydrogen (secondary N) is 1. The van der Waals surface area contributed by atoms with Gasteiger partial charge < -0.3 is 14.8 Å². The normalized spacial score (nSPS) is 14.0. The second kappa shape index (κ2) is 7.44. The third-order valence-corrected chi connectivity index (χ3v) is 6.41. The number of rotatable bonds is 5. The van der Waals surface area contributed by atoms with E-state index in [0.717, 1.165) is 9.87 Å². The second-order valence-corrected chi connectivity index (χ2v) is 9.40. The van der Waals surface area contributed by atoms with Crippen molar-refractivity contribution in [3.05, 3.63) is 53.6 Å². The molecule has 0 saturated carbocycles. The fourth-order valence-electron chi connectivity index (χ4n) is 2.85. The predicted molar refractivity (Wildman–Crippen MR) is 105 cm³/mol. The summed E-state index contributed by atoms with van der Waals surface area (Å²) in [5, 5.41) is 2.98. The molecule has 0 radical (unpaired) electrons. The number of carbonyl (C=O) groups excluding carboxylic acids is 1. The highest BCUT2D eigenvalue weighted by Gasteiger charge is 2.26. The Bertz CT molecular complexity index is 982. The van der Waals surface area contributed by atoms with E-state index in [-0.39, 0.29) is 10.8 Å². The zero-order valence-corrected chi connectivity index (χ0v) is 17.2. The zero-order chi connectivity index (χ0) is 20.5. The minimum Gasteiger partial charge on any atom is -0.486 e. The van der Waals surface area contributed by atoms with Crippen LogP contribution >= 0.6 is 0 Å². The number of nitrogens with zero attached hydrogens (tertiary/aromatic N) is 1. The van der Waals surface area contributed by atoms with E-state index < -0.39 is 15.6 Å². The molecule has 0 aromatic heterocycles. The first-order chi connectivity index (χ1) is 13.1. The SMILES string of the molecule is CN(C)S(=O)(=O)c1ccc(C(=O)NC(C)(C)c2ccc3c(c2)OCCO3)cc1. The van der Waals surface area contributed by atoms with E-state index in [1.807, 2.05) is 32.0 Å². The van der Waals surface area contributed by atoms with Gasteiger partial charge in [-0.05, 0) is 55.8 Å². The fraction of sp³-hybridized carbons (Fsp3) is 0.350. The van der Waals surface area contributed by atoms with E-state index in [9.17, 15) is 13.2 Å². The third-order valence-electron chi connectivity index (χ3n) is 4.58. The maximum atomic E-state index is 12.7. The van der Waals surface area contributed by atoms with Crippen molar-refractivity contribution in [3.8, 4) is 11.5 Å². The molecule has 1 aliphatic heterocycles. The average Bonchev–Trinajstić information content (AvgIpc) is 2.67. The van der Waals surface area contributed by atoms with E-state index in [2.05, 4.69) is 5.32 Å². The van der Waals surface area contributed by atoms with Gasteiger partial charge in [0.05, 0.1) is 10.4 Å². The lowest BCUT2D eigenvalue weighted by atomic mass is 9.93. The Labute approximate surface area is 165 Å². The molecule has 0 unspecified atom stereocenters. The fourth-order valence-corrected chi connectivity index (χ4v) is 3.75. The first-order valence-electron chi connectivity index (χ1n) is 8.86. The second-order valence-electron chi connectivity index (χ2n) is 7.25. The molecule has 150 valence electrons. The van der Waals surface area contributed by atoms with Crippen molar-refractivity contribution >= 4 is 15.9 Å². The van der Waals surface area contributed by atoms with Crippen LogP contribution in [-0.2, 0) is 15.6 Å². The van der Waals surface area contributed by atoms with Crippen LogP contribution in [0.15, 0.2) is 47.4 Å². The van der Waals surface area contributed by atoms with Gasteiger partial charge in [-0.1, -0.05) is 6.07 Å². The maximum absolute atomic E-state index is 12.7. The molecule has 0 atom stereocenters. The first-order valence-corrected chi connectivity index (χ1v) is 10.3. The summed E-state index contributed by atoms with van der Waals surface area (Å²) in [7, 11) is -0.602. The summed E-state index contributed by atoms with van der Waals surface area (Å²) in [4.78, 5) is 12.8. The molecule has 28 heavy (non-hydrogen) atoms. The van der Waals surface area contributed by atoms with Gasteiger partial charge in [-0.3, -0.25) is 4.79 Å². The van der Waals surface area contributed by atoms with E-state index in [1.165, 1.54) is 38.4 Å². The van der Waals surface area contributed by atoms with Gasteiger partial charge in [0.15, 0.2) is 11.5 Å². The number of hydrogen-bond donors (Lipinski definition) is 1. The van der Waals surface area contributed by atoms with Gasteiger partial charge in [0.1, 0.15) is 13.2 Å². The van der Waals surface area contributed by atoms with Crippen LogP contribution in [0.4, 0.5) is 0 Å². The highest BCUT2D eigenvalue weighted by atomic mass is 32.2. The lowest BCUT2D eigenvalue weighted by Crippen LogP contribution is -2.41. The molecule has 3 rings (SSSR count). The number of fused-ring (bicyclic) bond motifs is 1. The Morgan fingerprint density at radius 2 is 1.61 bits per heavy atom. The van der Waals surface area contributed by atoms with Gasteiger partial charge >= 0.3 is 0 Å². The van der Waals surface area contributed by atoms with E-state index in [0.29, 0.717) is 30.3 Å². The minimum absolute atomic E-state index is 0.139. The Kier molecular flexibility index (Phi) is 5.36. The molecular weight excluding hydrogens is 380 g/mol. The van der Waals surface area contributed by atoms with E-state index >= 15 is 0 Å². The molecule has 0 aliphatic carbocycles. The molecule has 1 heterocycles. The smallest absolute Gasteiger partial charge is 0.251 e.